The Morgan fingerprint density at radius 2 is 1.62 bits per heavy atom. The number of nitrogens with zero attached hydrogens (tertiary/aromatic N) is 4. The first-order valence-electron chi connectivity index (χ1n) is 8.35. The highest BCUT2D eigenvalue weighted by Gasteiger charge is 2.18. The molecule has 0 fully saturated rings. The van der Waals surface area contributed by atoms with Crippen LogP contribution in [0.3, 0.4) is 0 Å². The number of amides is 1. The Bertz CT molecular complexity index is 1180. The molecular weight excluding hydrogens is 435 g/mol. The molecule has 0 spiro atoms. The largest absolute Gasteiger partial charge is 0.364 e. The summed E-state index contributed by atoms with van der Waals surface area (Å²) in [5, 5.41) is 12.7. The molecule has 2 aromatic heterocycles. The van der Waals surface area contributed by atoms with E-state index in [1.54, 1.807) is 41.3 Å². The van der Waals surface area contributed by atoms with E-state index in [2.05, 4.69) is 15.5 Å². The number of carbonyl (C=O) groups excluding carboxylic acids is 1. The second-order valence-electron chi connectivity index (χ2n) is 6.03. The summed E-state index contributed by atoms with van der Waals surface area (Å²) in [5.41, 5.74) is 7.98. The van der Waals surface area contributed by atoms with E-state index < -0.39 is 5.91 Å². The van der Waals surface area contributed by atoms with Gasteiger partial charge in [-0.25, -0.2) is 9.36 Å². The van der Waals surface area contributed by atoms with Gasteiger partial charge in [0.2, 0.25) is 0 Å². The molecule has 2 heterocycles. The molecule has 1 amide bonds. The standard InChI is InChI=1S/C19H13Cl3N6O/c20-13-2-1-3-14(21)18(13)28-10-15(17(26-28)19(23)29)24-11-4-6-12(7-5-11)27-9-8-16(22)25-27/h1-10,24H,(H2,23,29). The fourth-order valence-electron chi connectivity index (χ4n) is 2.77. The first kappa shape index (κ1) is 19.3. The Kier molecular flexibility index (Phi) is 5.19. The number of rotatable bonds is 5. The van der Waals surface area contributed by atoms with Gasteiger partial charge in [0.1, 0.15) is 5.69 Å². The van der Waals surface area contributed by atoms with Crippen LogP contribution in [0.25, 0.3) is 11.4 Å². The zero-order valence-corrected chi connectivity index (χ0v) is 16.9. The number of nitrogens with one attached hydrogen (secondary N) is 1. The smallest absolute Gasteiger partial charge is 0.271 e. The molecule has 0 radical (unpaired) electrons. The molecule has 0 aliphatic carbocycles. The van der Waals surface area contributed by atoms with E-state index in [1.165, 1.54) is 4.68 Å². The molecule has 0 aliphatic heterocycles. The maximum atomic E-state index is 11.9. The van der Waals surface area contributed by atoms with Crippen LogP contribution in [-0.2, 0) is 0 Å². The van der Waals surface area contributed by atoms with Crippen LogP contribution in [0.5, 0.6) is 0 Å². The highest BCUT2D eigenvalue weighted by atomic mass is 35.5. The monoisotopic (exact) mass is 446 g/mol. The molecule has 4 rings (SSSR count). The summed E-state index contributed by atoms with van der Waals surface area (Å²) in [5.74, 6) is -0.683. The zero-order valence-electron chi connectivity index (χ0n) is 14.7. The molecule has 0 saturated carbocycles. The van der Waals surface area contributed by atoms with Gasteiger partial charge in [-0.2, -0.15) is 10.2 Å². The molecule has 0 atom stereocenters. The van der Waals surface area contributed by atoms with Crippen molar-refractivity contribution in [2.24, 2.45) is 5.73 Å². The molecule has 3 N–H and O–H groups in total. The molecule has 29 heavy (non-hydrogen) atoms. The third-order valence-corrected chi connectivity index (χ3v) is 4.89. The lowest BCUT2D eigenvalue weighted by molar-refractivity contribution is 0.0996. The van der Waals surface area contributed by atoms with Gasteiger partial charge < -0.3 is 11.1 Å². The Balaban J connectivity index is 1.66. The van der Waals surface area contributed by atoms with E-state index in [1.807, 2.05) is 24.3 Å². The average molecular weight is 448 g/mol. The van der Waals surface area contributed by atoms with Crippen molar-refractivity contribution in [1.82, 2.24) is 19.6 Å². The maximum Gasteiger partial charge on any atom is 0.271 e. The molecule has 146 valence electrons. The van der Waals surface area contributed by atoms with Crippen LogP contribution >= 0.6 is 34.8 Å². The SMILES string of the molecule is NC(=O)c1nn(-c2c(Cl)cccc2Cl)cc1Nc1ccc(-n2ccc(Cl)n2)cc1. The number of anilines is 2. The zero-order chi connectivity index (χ0) is 20.5. The lowest BCUT2D eigenvalue weighted by atomic mass is 10.2. The lowest BCUT2D eigenvalue weighted by Crippen LogP contribution is -2.14. The van der Waals surface area contributed by atoms with Gasteiger partial charge in [-0.05, 0) is 42.5 Å². The highest BCUT2D eigenvalue weighted by molar-refractivity contribution is 6.37. The highest BCUT2D eigenvalue weighted by Crippen LogP contribution is 2.30. The van der Waals surface area contributed by atoms with E-state index in [0.717, 1.165) is 11.4 Å². The fraction of sp³-hybridized carbons (Fsp3) is 0. The van der Waals surface area contributed by atoms with Crippen molar-refractivity contribution in [3.05, 3.63) is 81.8 Å². The van der Waals surface area contributed by atoms with Crippen molar-refractivity contribution >= 4 is 52.1 Å². The minimum Gasteiger partial charge on any atom is -0.364 e. The number of aromatic nitrogens is 4. The number of primary amides is 1. The summed E-state index contributed by atoms with van der Waals surface area (Å²) < 4.78 is 3.07. The maximum absolute atomic E-state index is 11.9. The molecule has 10 heteroatoms. The molecule has 7 nitrogen and oxygen atoms in total. The van der Waals surface area contributed by atoms with Crippen LogP contribution in [0.1, 0.15) is 10.5 Å². The Hall–Kier alpha value is -3.00. The molecule has 4 aromatic rings. The van der Waals surface area contributed by atoms with Crippen LogP contribution in [-0.4, -0.2) is 25.5 Å². The van der Waals surface area contributed by atoms with E-state index in [9.17, 15) is 4.79 Å². The molecule has 0 saturated heterocycles. The number of carbonyl (C=O) groups is 1. The second-order valence-corrected chi connectivity index (χ2v) is 7.23. The van der Waals surface area contributed by atoms with E-state index in [0.29, 0.717) is 26.6 Å². The van der Waals surface area contributed by atoms with Gasteiger partial charge in [0, 0.05) is 11.9 Å². The van der Waals surface area contributed by atoms with Crippen LogP contribution < -0.4 is 11.1 Å². The van der Waals surface area contributed by atoms with Crippen molar-refractivity contribution in [1.29, 1.82) is 0 Å². The van der Waals surface area contributed by atoms with E-state index >= 15 is 0 Å². The van der Waals surface area contributed by atoms with Crippen LogP contribution in [0, 0.1) is 0 Å². The van der Waals surface area contributed by atoms with Gasteiger partial charge in [-0.15, -0.1) is 0 Å². The van der Waals surface area contributed by atoms with Gasteiger partial charge in [0.15, 0.2) is 10.8 Å². The van der Waals surface area contributed by atoms with Gasteiger partial charge in [0.05, 0.1) is 27.6 Å². The summed E-state index contributed by atoms with van der Waals surface area (Å²) in [6.45, 7) is 0. The topological polar surface area (TPSA) is 90.8 Å². The van der Waals surface area contributed by atoms with Crippen molar-refractivity contribution in [3.63, 3.8) is 0 Å². The number of halogens is 3. The van der Waals surface area contributed by atoms with E-state index in [-0.39, 0.29) is 5.69 Å². The first-order valence-corrected chi connectivity index (χ1v) is 9.48. The van der Waals surface area contributed by atoms with Gasteiger partial charge in [-0.1, -0.05) is 40.9 Å². The summed E-state index contributed by atoms with van der Waals surface area (Å²) in [6, 6.07) is 14.1. The normalized spacial score (nSPS) is 10.9. The summed E-state index contributed by atoms with van der Waals surface area (Å²) in [7, 11) is 0. The predicted octanol–water partition coefficient (Wildman–Crippen LogP) is 4.86. The van der Waals surface area contributed by atoms with E-state index in [4.69, 9.17) is 40.5 Å². The van der Waals surface area contributed by atoms with Crippen LogP contribution in [0.15, 0.2) is 60.9 Å². The van der Waals surface area contributed by atoms with Gasteiger partial charge >= 0.3 is 0 Å². The minimum atomic E-state index is -0.683. The molecule has 2 aromatic carbocycles. The average Bonchev–Trinajstić information content (AvgIpc) is 3.29. The fourth-order valence-corrected chi connectivity index (χ4v) is 3.48. The predicted molar refractivity (Wildman–Crippen MR) is 114 cm³/mol. The third kappa shape index (κ3) is 3.93. The second kappa shape index (κ2) is 7.79. The number of para-hydroxylation sites is 1. The van der Waals surface area contributed by atoms with Gasteiger partial charge in [-0.3, -0.25) is 4.79 Å². The molecular formula is C19H13Cl3N6O. The van der Waals surface area contributed by atoms with Crippen LogP contribution in [0.2, 0.25) is 15.2 Å². The molecule has 0 bridgehead atoms. The number of benzene rings is 2. The van der Waals surface area contributed by atoms with Crippen molar-refractivity contribution in [2.75, 3.05) is 5.32 Å². The molecule has 0 unspecified atom stereocenters. The van der Waals surface area contributed by atoms with Crippen LogP contribution in [0.4, 0.5) is 11.4 Å². The minimum absolute atomic E-state index is 0.0592. The van der Waals surface area contributed by atoms with Crippen molar-refractivity contribution in [2.45, 2.75) is 0 Å². The number of nitrogens with two attached hydrogens (primary N) is 1. The number of hydrogen-bond donors (Lipinski definition) is 2. The Labute approximate surface area is 180 Å². The Morgan fingerprint density at radius 1 is 0.931 bits per heavy atom. The summed E-state index contributed by atoms with van der Waals surface area (Å²) in [4.78, 5) is 11.9. The Morgan fingerprint density at radius 3 is 2.21 bits per heavy atom. The first-order chi connectivity index (χ1) is 13.9. The molecule has 0 aliphatic rings. The number of hydrogen-bond acceptors (Lipinski definition) is 4. The third-order valence-electron chi connectivity index (χ3n) is 4.08. The van der Waals surface area contributed by atoms with Crippen molar-refractivity contribution in [3.8, 4) is 11.4 Å². The lowest BCUT2D eigenvalue weighted by Gasteiger charge is -2.07. The van der Waals surface area contributed by atoms with Gasteiger partial charge in [0.25, 0.3) is 5.91 Å². The van der Waals surface area contributed by atoms with Crippen molar-refractivity contribution < 1.29 is 4.79 Å². The summed E-state index contributed by atoms with van der Waals surface area (Å²) >= 11 is 18.3. The summed E-state index contributed by atoms with van der Waals surface area (Å²) in [6.07, 6.45) is 3.36. The quantitative estimate of drug-likeness (QED) is 0.457.